The van der Waals surface area contributed by atoms with Crippen LogP contribution in [-0.4, -0.2) is 22.6 Å². The summed E-state index contributed by atoms with van der Waals surface area (Å²) in [5.41, 5.74) is 2.43. The zero-order valence-electron chi connectivity index (χ0n) is 12.1. The molecule has 0 aliphatic heterocycles. The molecule has 0 saturated carbocycles. The van der Waals surface area contributed by atoms with Crippen LogP contribution < -0.4 is 5.32 Å². The van der Waals surface area contributed by atoms with Crippen molar-refractivity contribution in [3.63, 3.8) is 0 Å². The Morgan fingerprint density at radius 1 is 1.30 bits per heavy atom. The second kappa shape index (κ2) is 7.29. The lowest BCUT2D eigenvalue weighted by molar-refractivity contribution is 0.561. The Labute approximate surface area is 133 Å². The fourth-order valence-electron chi connectivity index (χ4n) is 2.30. The van der Waals surface area contributed by atoms with Gasteiger partial charge in [-0.3, -0.25) is 4.68 Å². The van der Waals surface area contributed by atoms with Gasteiger partial charge in [0, 0.05) is 11.4 Å². The minimum Gasteiger partial charge on any atom is -0.308 e. The minimum atomic E-state index is 0.146. The van der Waals surface area contributed by atoms with E-state index in [1.54, 1.807) is 0 Å². The molecule has 1 unspecified atom stereocenters. The summed E-state index contributed by atoms with van der Waals surface area (Å²) in [6.45, 7) is 5.14. The highest BCUT2D eigenvalue weighted by atomic mass is 79.9. The highest BCUT2D eigenvalue weighted by Gasteiger charge is 2.19. The lowest BCUT2D eigenvalue weighted by atomic mass is 10.0. The maximum absolute atomic E-state index is 4.40. The van der Waals surface area contributed by atoms with E-state index in [4.69, 9.17) is 0 Å². The van der Waals surface area contributed by atoms with Gasteiger partial charge in [0.25, 0.3) is 0 Å². The predicted octanol–water partition coefficient (Wildman–Crippen LogP) is 4.09. The molecule has 1 aromatic carbocycles. The number of nitrogens with zero attached hydrogens (tertiary/aromatic N) is 2. The van der Waals surface area contributed by atoms with E-state index in [0.29, 0.717) is 0 Å². The highest BCUT2D eigenvalue weighted by molar-refractivity contribution is 9.10. The van der Waals surface area contributed by atoms with Crippen LogP contribution in [0.4, 0.5) is 0 Å². The van der Waals surface area contributed by atoms with Crippen LogP contribution >= 0.6 is 27.7 Å². The molecule has 2 rings (SSSR count). The van der Waals surface area contributed by atoms with Crippen molar-refractivity contribution in [2.45, 2.75) is 31.3 Å². The van der Waals surface area contributed by atoms with Gasteiger partial charge in [0.2, 0.25) is 0 Å². The van der Waals surface area contributed by atoms with Crippen LogP contribution in [0.15, 0.2) is 39.8 Å². The van der Waals surface area contributed by atoms with Crippen molar-refractivity contribution in [1.82, 2.24) is 15.1 Å². The second-order valence-corrected chi connectivity index (χ2v) is 6.61. The van der Waals surface area contributed by atoms with Gasteiger partial charge < -0.3 is 5.32 Å². The van der Waals surface area contributed by atoms with Crippen LogP contribution in [0.1, 0.15) is 31.1 Å². The van der Waals surface area contributed by atoms with Gasteiger partial charge in [-0.25, -0.2) is 0 Å². The molecular formula is C15H20BrN3S. The number of hydrogen-bond acceptors (Lipinski definition) is 3. The van der Waals surface area contributed by atoms with Crippen LogP contribution in [0.5, 0.6) is 0 Å². The molecule has 0 saturated heterocycles. The van der Waals surface area contributed by atoms with Crippen LogP contribution in [0.2, 0.25) is 0 Å². The van der Waals surface area contributed by atoms with Crippen molar-refractivity contribution in [3.05, 3.63) is 46.2 Å². The number of halogens is 1. The molecule has 3 nitrogen and oxygen atoms in total. The molecule has 0 aliphatic rings. The van der Waals surface area contributed by atoms with Gasteiger partial charge in [0.15, 0.2) is 0 Å². The molecule has 20 heavy (non-hydrogen) atoms. The van der Waals surface area contributed by atoms with Crippen LogP contribution in [0.3, 0.4) is 0 Å². The summed E-state index contributed by atoms with van der Waals surface area (Å²) in [5, 5.41) is 7.79. The number of benzene rings is 1. The summed E-state index contributed by atoms with van der Waals surface area (Å²) in [5.74, 6) is 1.10. The summed E-state index contributed by atoms with van der Waals surface area (Å²) in [7, 11) is 1.98. The van der Waals surface area contributed by atoms with E-state index in [-0.39, 0.29) is 6.04 Å². The van der Waals surface area contributed by atoms with Crippen molar-refractivity contribution in [3.8, 4) is 0 Å². The summed E-state index contributed by atoms with van der Waals surface area (Å²) < 4.78 is 3.07. The molecule has 0 radical (unpaired) electrons. The monoisotopic (exact) mass is 353 g/mol. The maximum atomic E-state index is 4.40. The predicted molar refractivity (Wildman–Crippen MR) is 89.3 cm³/mol. The molecule has 1 aromatic heterocycles. The fourth-order valence-corrected chi connectivity index (χ4v) is 3.48. The van der Waals surface area contributed by atoms with E-state index >= 15 is 0 Å². The molecule has 0 fully saturated rings. The average Bonchev–Trinajstić information content (AvgIpc) is 2.83. The van der Waals surface area contributed by atoms with E-state index in [9.17, 15) is 0 Å². The molecule has 1 N–H and O–H groups in total. The van der Waals surface area contributed by atoms with E-state index < -0.39 is 0 Å². The number of rotatable bonds is 6. The Kier molecular flexibility index (Phi) is 5.69. The first kappa shape index (κ1) is 15.6. The zero-order chi connectivity index (χ0) is 14.5. The van der Waals surface area contributed by atoms with Gasteiger partial charge in [-0.05, 0) is 53.4 Å². The number of nitrogens with one attached hydrogen (secondary N) is 1. The minimum absolute atomic E-state index is 0.146. The smallest absolute Gasteiger partial charge is 0.0757 e. The Hall–Kier alpha value is -0.780. The average molecular weight is 354 g/mol. The standard InChI is InChI=1S/C15H20BrN3S/c1-4-19-15(13(16)10-18-19)14(17-3)11-6-8-12(9-7-11)20-5-2/h6-10,14,17H,4-5H2,1-3H3. The van der Waals surface area contributed by atoms with Crippen molar-refractivity contribution < 1.29 is 0 Å². The third-order valence-corrected chi connectivity index (χ3v) is 4.72. The second-order valence-electron chi connectivity index (χ2n) is 4.42. The molecule has 5 heteroatoms. The SMILES string of the molecule is CCSc1ccc(C(NC)c2c(Br)cnn2CC)cc1. The molecular weight excluding hydrogens is 334 g/mol. The Morgan fingerprint density at radius 2 is 2.00 bits per heavy atom. The maximum Gasteiger partial charge on any atom is 0.0757 e. The highest BCUT2D eigenvalue weighted by Crippen LogP contribution is 2.29. The first-order valence-electron chi connectivity index (χ1n) is 6.82. The summed E-state index contributed by atoms with van der Waals surface area (Å²) in [4.78, 5) is 1.31. The van der Waals surface area contributed by atoms with Crippen molar-refractivity contribution in [2.24, 2.45) is 0 Å². The molecule has 0 bridgehead atoms. The zero-order valence-corrected chi connectivity index (χ0v) is 14.5. The first-order chi connectivity index (χ1) is 9.71. The van der Waals surface area contributed by atoms with Crippen molar-refractivity contribution in [1.29, 1.82) is 0 Å². The fraction of sp³-hybridized carbons (Fsp3) is 0.400. The number of hydrogen-bond donors (Lipinski definition) is 1. The van der Waals surface area contributed by atoms with Crippen LogP contribution in [0, 0.1) is 0 Å². The van der Waals surface area contributed by atoms with Gasteiger partial charge in [-0.2, -0.15) is 5.10 Å². The lowest BCUT2D eigenvalue weighted by Gasteiger charge is -2.19. The third kappa shape index (κ3) is 3.27. The molecule has 2 aromatic rings. The topological polar surface area (TPSA) is 29.9 Å². The molecule has 108 valence electrons. The molecule has 0 aliphatic carbocycles. The Balaban J connectivity index is 2.34. The van der Waals surface area contributed by atoms with Gasteiger partial charge in [-0.1, -0.05) is 19.1 Å². The van der Waals surface area contributed by atoms with E-state index in [2.05, 4.69) is 64.5 Å². The molecule has 0 spiro atoms. The lowest BCUT2D eigenvalue weighted by Crippen LogP contribution is -2.21. The molecule has 0 amide bonds. The Bertz CT molecular complexity index is 551. The van der Waals surface area contributed by atoms with Gasteiger partial charge >= 0.3 is 0 Å². The largest absolute Gasteiger partial charge is 0.308 e. The summed E-state index contributed by atoms with van der Waals surface area (Å²) in [6.07, 6.45) is 1.87. The normalized spacial score (nSPS) is 12.6. The number of thioether (sulfide) groups is 1. The quantitative estimate of drug-likeness (QED) is 0.793. The van der Waals surface area contributed by atoms with E-state index in [1.807, 2.05) is 29.7 Å². The third-order valence-electron chi connectivity index (χ3n) is 3.22. The first-order valence-corrected chi connectivity index (χ1v) is 8.60. The number of aryl methyl sites for hydroxylation is 1. The van der Waals surface area contributed by atoms with E-state index in [0.717, 1.165) is 16.8 Å². The molecule has 1 heterocycles. The van der Waals surface area contributed by atoms with Crippen molar-refractivity contribution >= 4 is 27.7 Å². The van der Waals surface area contributed by atoms with E-state index in [1.165, 1.54) is 16.2 Å². The Morgan fingerprint density at radius 3 is 2.55 bits per heavy atom. The van der Waals surface area contributed by atoms with Gasteiger partial charge in [0.05, 0.1) is 22.4 Å². The van der Waals surface area contributed by atoms with Gasteiger partial charge in [0.1, 0.15) is 0 Å². The molecule has 1 atom stereocenters. The van der Waals surface area contributed by atoms with Crippen LogP contribution in [0.25, 0.3) is 0 Å². The van der Waals surface area contributed by atoms with Crippen LogP contribution in [-0.2, 0) is 6.54 Å². The van der Waals surface area contributed by atoms with Gasteiger partial charge in [-0.15, -0.1) is 11.8 Å². The summed E-state index contributed by atoms with van der Waals surface area (Å²) in [6, 6.07) is 8.91. The number of aromatic nitrogens is 2. The van der Waals surface area contributed by atoms with Crippen molar-refractivity contribution in [2.75, 3.05) is 12.8 Å². The summed E-state index contributed by atoms with van der Waals surface area (Å²) >= 11 is 5.47.